The Balaban J connectivity index is 2.02. The van der Waals surface area contributed by atoms with Crippen LogP contribution in [0.3, 0.4) is 0 Å². The van der Waals surface area contributed by atoms with Crippen molar-refractivity contribution in [1.82, 2.24) is 9.13 Å². The Hall–Kier alpha value is -2.68. The number of Topliss-reactive ketones (excluding diaryl/α,β-unsaturated/α-hetero) is 1. The SMILES string of the molecule is CCCn1c(N)c(C(=O)COC(=O)CCCc2cccs2)c(=O)n(C)c1=O. The summed E-state index contributed by atoms with van der Waals surface area (Å²) in [5.41, 5.74) is 4.18. The van der Waals surface area contributed by atoms with Gasteiger partial charge in [0.25, 0.3) is 5.56 Å². The summed E-state index contributed by atoms with van der Waals surface area (Å²) in [4.78, 5) is 49.8. The first-order valence-corrected chi connectivity index (χ1v) is 9.55. The molecule has 0 saturated heterocycles. The maximum absolute atomic E-state index is 12.4. The number of aryl methyl sites for hydroxylation is 1. The second kappa shape index (κ2) is 9.31. The smallest absolute Gasteiger partial charge is 0.332 e. The van der Waals surface area contributed by atoms with E-state index in [1.807, 2.05) is 24.4 Å². The second-order valence-electron chi connectivity index (χ2n) is 6.08. The van der Waals surface area contributed by atoms with Crippen LogP contribution in [0, 0.1) is 0 Å². The van der Waals surface area contributed by atoms with Gasteiger partial charge in [-0.25, -0.2) is 4.79 Å². The van der Waals surface area contributed by atoms with Crippen LogP contribution in [-0.4, -0.2) is 27.5 Å². The molecular formula is C18H23N3O5S. The number of aromatic nitrogens is 2. The Morgan fingerprint density at radius 3 is 2.67 bits per heavy atom. The molecule has 146 valence electrons. The first-order valence-electron chi connectivity index (χ1n) is 8.67. The van der Waals surface area contributed by atoms with Gasteiger partial charge in [0.1, 0.15) is 11.4 Å². The van der Waals surface area contributed by atoms with Crippen molar-refractivity contribution in [3.05, 3.63) is 48.8 Å². The average molecular weight is 393 g/mol. The summed E-state index contributed by atoms with van der Waals surface area (Å²) < 4.78 is 6.99. The molecule has 0 aliphatic rings. The van der Waals surface area contributed by atoms with Gasteiger partial charge in [-0.3, -0.25) is 23.5 Å². The Kier molecular flexibility index (Phi) is 7.12. The van der Waals surface area contributed by atoms with E-state index >= 15 is 0 Å². The fourth-order valence-corrected chi connectivity index (χ4v) is 3.39. The molecule has 2 N–H and O–H groups in total. The molecule has 0 fully saturated rings. The maximum Gasteiger partial charge on any atom is 0.332 e. The number of rotatable bonds is 9. The van der Waals surface area contributed by atoms with Gasteiger partial charge in [-0.15, -0.1) is 11.3 Å². The van der Waals surface area contributed by atoms with E-state index in [2.05, 4.69) is 0 Å². The van der Waals surface area contributed by atoms with Gasteiger partial charge >= 0.3 is 11.7 Å². The highest BCUT2D eigenvalue weighted by Crippen LogP contribution is 2.12. The van der Waals surface area contributed by atoms with Crippen molar-refractivity contribution in [1.29, 1.82) is 0 Å². The van der Waals surface area contributed by atoms with E-state index in [4.69, 9.17) is 10.5 Å². The summed E-state index contributed by atoms with van der Waals surface area (Å²) in [6.45, 7) is 1.54. The van der Waals surface area contributed by atoms with Gasteiger partial charge in [0, 0.05) is 24.9 Å². The van der Waals surface area contributed by atoms with Gasteiger partial charge < -0.3 is 10.5 Å². The predicted molar refractivity (Wildman–Crippen MR) is 103 cm³/mol. The van der Waals surface area contributed by atoms with Gasteiger partial charge in [0.05, 0.1) is 0 Å². The lowest BCUT2D eigenvalue weighted by molar-refractivity contribution is -0.142. The molecule has 27 heavy (non-hydrogen) atoms. The topological polar surface area (TPSA) is 113 Å². The maximum atomic E-state index is 12.4. The Bertz CT molecular complexity index is 928. The number of esters is 1. The summed E-state index contributed by atoms with van der Waals surface area (Å²) in [6, 6.07) is 3.93. The van der Waals surface area contributed by atoms with Crippen molar-refractivity contribution in [2.24, 2.45) is 7.05 Å². The molecule has 0 aliphatic heterocycles. The number of hydrogen-bond acceptors (Lipinski definition) is 7. The van der Waals surface area contributed by atoms with E-state index in [1.54, 1.807) is 11.3 Å². The first kappa shape index (κ1) is 20.6. The van der Waals surface area contributed by atoms with Gasteiger partial charge in [0.15, 0.2) is 6.61 Å². The Morgan fingerprint density at radius 1 is 1.30 bits per heavy atom. The zero-order valence-electron chi connectivity index (χ0n) is 15.4. The number of ketones is 1. The minimum absolute atomic E-state index is 0.175. The highest BCUT2D eigenvalue weighted by atomic mass is 32.1. The van der Waals surface area contributed by atoms with Gasteiger partial charge in [0.2, 0.25) is 5.78 Å². The zero-order chi connectivity index (χ0) is 20.0. The van der Waals surface area contributed by atoms with Crippen LogP contribution in [0.5, 0.6) is 0 Å². The quantitative estimate of drug-likeness (QED) is 0.508. The molecule has 9 heteroatoms. The molecule has 0 spiro atoms. The first-order chi connectivity index (χ1) is 12.9. The number of thiophene rings is 1. The van der Waals surface area contributed by atoms with E-state index in [-0.39, 0.29) is 24.3 Å². The van der Waals surface area contributed by atoms with Crippen LogP contribution in [0.2, 0.25) is 0 Å². The summed E-state index contributed by atoms with van der Waals surface area (Å²) in [6.07, 6.45) is 2.15. The molecule has 2 aromatic rings. The second-order valence-corrected chi connectivity index (χ2v) is 7.11. The molecule has 2 aromatic heterocycles. The van der Waals surface area contributed by atoms with Crippen molar-refractivity contribution < 1.29 is 14.3 Å². The van der Waals surface area contributed by atoms with Crippen molar-refractivity contribution in [3.8, 4) is 0 Å². The van der Waals surface area contributed by atoms with Crippen LogP contribution >= 0.6 is 11.3 Å². The minimum Gasteiger partial charge on any atom is -0.457 e. The lowest BCUT2D eigenvalue weighted by Gasteiger charge is -2.13. The molecule has 0 unspecified atom stereocenters. The number of nitrogens with two attached hydrogens (primary N) is 1. The minimum atomic E-state index is -0.788. The average Bonchev–Trinajstić information content (AvgIpc) is 3.15. The van der Waals surface area contributed by atoms with Gasteiger partial charge in [-0.2, -0.15) is 0 Å². The number of carbonyl (C=O) groups excluding carboxylic acids is 2. The molecular weight excluding hydrogens is 370 g/mol. The van der Waals surface area contributed by atoms with Crippen LogP contribution in [0.15, 0.2) is 27.1 Å². The summed E-state index contributed by atoms with van der Waals surface area (Å²) >= 11 is 1.62. The number of hydrogen-bond donors (Lipinski definition) is 1. The number of anilines is 1. The van der Waals surface area contributed by atoms with Crippen LogP contribution in [-0.2, 0) is 29.5 Å². The molecule has 0 aliphatic carbocycles. The largest absolute Gasteiger partial charge is 0.457 e. The van der Waals surface area contributed by atoms with Crippen LogP contribution in [0.1, 0.15) is 41.4 Å². The molecule has 0 bridgehead atoms. The lowest BCUT2D eigenvalue weighted by atomic mass is 10.2. The summed E-state index contributed by atoms with van der Waals surface area (Å²) in [5, 5.41) is 1.97. The fourth-order valence-electron chi connectivity index (χ4n) is 2.64. The monoisotopic (exact) mass is 393 g/mol. The van der Waals surface area contributed by atoms with Gasteiger partial charge in [-0.05, 0) is 30.7 Å². The third kappa shape index (κ3) is 4.94. The molecule has 8 nitrogen and oxygen atoms in total. The zero-order valence-corrected chi connectivity index (χ0v) is 16.2. The van der Waals surface area contributed by atoms with Crippen LogP contribution in [0.25, 0.3) is 0 Å². The third-order valence-electron chi connectivity index (χ3n) is 4.06. The van der Waals surface area contributed by atoms with E-state index in [0.29, 0.717) is 12.8 Å². The lowest BCUT2D eigenvalue weighted by Crippen LogP contribution is -2.43. The van der Waals surface area contributed by atoms with Crippen molar-refractivity contribution in [3.63, 3.8) is 0 Å². The van der Waals surface area contributed by atoms with Gasteiger partial charge in [-0.1, -0.05) is 13.0 Å². The van der Waals surface area contributed by atoms with E-state index in [0.717, 1.165) is 11.0 Å². The Morgan fingerprint density at radius 2 is 2.04 bits per heavy atom. The molecule has 0 amide bonds. The number of nitrogens with zero attached hydrogens (tertiary/aromatic N) is 2. The molecule has 2 rings (SSSR count). The van der Waals surface area contributed by atoms with E-state index in [9.17, 15) is 19.2 Å². The van der Waals surface area contributed by atoms with E-state index in [1.165, 1.54) is 16.5 Å². The normalized spacial score (nSPS) is 10.7. The van der Waals surface area contributed by atoms with Crippen molar-refractivity contribution in [2.45, 2.75) is 39.2 Å². The predicted octanol–water partition coefficient (Wildman–Crippen LogP) is 1.35. The molecule has 0 atom stereocenters. The van der Waals surface area contributed by atoms with Crippen molar-refractivity contribution >= 4 is 28.9 Å². The van der Waals surface area contributed by atoms with Crippen LogP contribution in [0.4, 0.5) is 5.82 Å². The molecule has 0 aromatic carbocycles. The number of carbonyl (C=O) groups is 2. The molecule has 2 heterocycles. The molecule has 0 saturated carbocycles. The Labute approximate surface area is 160 Å². The standard InChI is InChI=1S/C18H23N3O5S/c1-3-9-21-16(19)15(17(24)20(2)18(21)25)13(22)11-26-14(23)8-4-6-12-7-5-10-27-12/h5,7,10H,3-4,6,8-9,11,19H2,1-2H3. The highest BCUT2D eigenvalue weighted by molar-refractivity contribution is 7.09. The molecule has 0 radical (unpaired) electrons. The van der Waals surface area contributed by atoms with E-state index < -0.39 is 29.6 Å². The summed E-state index contributed by atoms with van der Waals surface area (Å²) in [5.74, 6) is -1.43. The fraction of sp³-hybridized carbons (Fsp3) is 0.444. The van der Waals surface area contributed by atoms with Crippen LogP contribution < -0.4 is 17.0 Å². The number of nitrogen functional groups attached to an aromatic ring is 1. The number of ether oxygens (including phenoxy) is 1. The highest BCUT2D eigenvalue weighted by Gasteiger charge is 2.22. The summed E-state index contributed by atoms with van der Waals surface area (Å²) in [7, 11) is 1.28. The third-order valence-corrected chi connectivity index (χ3v) is 4.99. The van der Waals surface area contributed by atoms with Crippen molar-refractivity contribution in [2.75, 3.05) is 12.3 Å².